The molecule has 0 radical (unpaired) electrons. The number of methoxy groups -OCH3 is 1. The zero-order chi connectivity index (χ0) is 20.9. The number of likely N-dealkylation sites (N-methyl/N-ethyl adjacent to an activating group) is 1. The Hall–Kier alpha value is -2.56. The molecule has 0 bridgehead atoms. The molecule has 0 saturated heterocycles. The molecule has 0 aliphatic heterocycles. The van der Waals surface area contributed by atoms with Crippen molar-refractivity contribution in [3.8, 4) is 5.75 Å². The van der Waals surface area contributed by atoms with Crippen molar-refractivity contribution in [2.45, 2.75) is 11.4 Å². The minimum atomic E-state index is -4.11. The Morgan fingerprint density at radius 1 is 1.14 bits per heavy atom. The topological polar surface area (TPSA) is 93.0 Å². The Bertz CT molecular complexity index is 950. The van der Waals surface area contributed by atoms with Crippen molar-refractivity contribution in [2.75, 3.05) is 34.3 Å². The Morgan fingerprint density at radius 2 is 1.82 bits per heavy atom. The van der Waals surface area contributed by atoms with Gasteiger partial charge in [-0.1, -0.05) is 18.2 Å². The van der Waals surface area contributed by atoms with Crippen LogP contribution in [0.1, 0.15) is 5.56 Å². The van der Waals surface area contributed by atoms with Crippen LogP contribution in [0, 0.1) is 15.9 Å². The Labute approximate surface area is 163 Å². The summed E-state index contributed by atoms with van der Waals surface area (Å²) in [6.07, 6.45) is 0. The molecule has 0 fully saturated rings. The van der Waals surface area contributed by atoms with E-state index >= 15 is 0 Å². The van der Waals surface area contributed by atoms with E-state index in [2.05, 4.69) is 0 Å². The first-order valence-corrected chi connectivity index (χ1v) is 9.81. The summed E-state index contributed by atoms with van der Waals surface area (Å²) in [7, 11) is 0.717. The van der Waals surface area contributed by atoms with Gasteiger partial charge in [0.05, 0.1) is 16.9 Å². The molecule has 0 amide bonds. The molecule has 2 aromatic carbocycles. The molecule has 0 spiro atoms. The van der Waals surface area contributed by atoms with E-state index in [1.165, 1.54) is 37.4 Å². The molecule has 28 heavy (non-hydrogen) atoms. The fourth-order valence-corrected chi connectivity index (χ4v) is 3.96. The molecular weight excluding hydrogens is 389 g/mol. The molecule has 2 aromatic rings. The van der Waals surface area contributed by atoms with E-state index in [1.54, 1.807) is 25.1 Å². The van der Waals surface area contributed by atoms with Crippen LogP contribution in [-0.2, 0) is 16.6 Å². The summed E-state index contributed by atoms with van der Waals surface area (Å²) >= 11 is 0. The minimum Gasteiger partial charge on any atom is -0.490 e. The lowest BCUT2D eigenvalue weighted by atomic mass is 10.2. The first-order chi connectivity index (χ1) is 13.2. The molecule has 0 aromatic heterocycles. The third-order valence-electron chi connectivity index (χ3n) is 4.09. The summed E-state index contributed by atoms with van der Waals surface area (Å²) in [5.74, 6) is -0.564. The molecular formula is C18H22FN3O5S. The molecule has 152 valence electrons. The van der Waals surface area contributed by atoms with Gasteiger partial charge in [-0.15, -0.1) is 0 Å². The quantitative estimate of drug-likeness (QED) is 0.465. The fourth-order valence-electron chi connectivity index (χ4n) is 2.53. The highest BCUT2D eigenvalue weighted by molar-refractivity contribution is 7.89. The summed E-state index contributed by atoms with van der Waals surface area (Å²) in [5.41, 5.74) is -0.241. The number of nitrogens with zero attached hydrogens (tertiary/aromatic N) is 3. The van der Waals surface area contributed by atoms with Crippen LogP contribution < -0.4 is 4.74 Å². The lowest BCUT2D eigenvalue weighted by Gasteiger charge is -2.24. The number of halogens is 1. The van der Waals surface area contributed by atoms with Crippen LogP contribution in [0.15, 0.2) is 47.4 Å². The summed E-state index contributed by atoms with van der Waals surface area (Å²) in [4.78, 5) is 12.1. The SMILES string of the molecule is COc1ccc(S(=O)(=O)N(CCN(C)C)Cc2ccccc2F)cc1[N+](=O)[O-]. The molecule has 8 nitrogen and oxygen atoms in total. The first-order valence-electron chi connectivity index (χ1n) is 8.37. The van der Waals surface area contributed by atoms with Gasteiger partial charge in [0.15, 0.2) is 5.75 Å². The fraction of sp³-hybridized carbons (Fsp3) is 0.333. The second-order valence-corrected chi connectivity index (χ2v) is 8.26. The summed E-state index contributed by atoms with van der Waals surface area (Å²) in [5, 5.41) is 11.2. The molecule has 0 unspecified atom stereocenters. The van der Waals surface area contributed by atoms with Gasteiger partial charge in [0.2, 0.25) is 10.0 Å². The van der Waals surface area contributed by atoms with Gasteiger partial charge in [-0.05, 0) is 32.3 Å². The van der Waals surface area contributed by atoms with E-state index in [4.69, 9.17) is 4.74 Å². The predicted octanol–water partition coefficient (Wildman–Crippen LogP) is 2.50. The molecule has 0 aliphatic carbocycles. The van der Waals surface area contributed by atoms with E-state index < -0.39 is 26.5 Å². The van der Waals surface area contributed by atoms with Crippen LogP contribution in [0.3, 0.4) is 0 Å². The number of nitro groups is 1. The number of hydrogen-bond donors (Lipinski definition) is 0. The second kappa shape index (κ2) is 9.09. The van der Waals surface area contributed by atoms with E-state index in [0.717, 1.165) is 10.4 Å². The van der Waals surface area contributed by atoms with Crippen LogP contribution in [0.5, 0.6) is 5.75 Å². The second-order valence-electron chi connectivity index (χ2n) is 6.32. The summed E-state index contributed by atoms with van der Waals surface area (Å²) in [6, 6.07) is 9.33. The Balaban J connectivity index is 2.47. The van der Waals surface area contributed by atoms with Crippen molar-refractivity contribution < 1.29 is 22.5 Å². The van der Waals surface area contributed by atoms with Crippen LogP contribution >= 0.6 is 0 Å². The average molecular weight is 411 g/mol. The van der Waals surface area contributed by atoms with Crippen molar-refractivity contribution >= 4 is 15.7 Å². The maximum atomic E-state index is 14.1. The molecule has 0 atom stereocenters. The van der Waals surface area contributed by atoms with Crippen molar-refractivity contribution in [1.29, 1.82) is 0 Å². The highest BCUT2D eigenvalue weighted by Crippen LogP contribution is 2.31. The molecule has 10 heteroatoms. The van der Waals surface area contributed by atoms with E-state index in [-0.39, 0.29) is 29.3 Å². The van der Waals surface area contributed by atoms with Crippen LogP contribution in [0.25, 0.3) is 0 Å². The van der Waals surface area contributed by atoms with Gasteiger partial charge in [-0.25, -0.2) is 12.8 Å². The van der Waals surface area contributed by atoms with Gasteiger partial charge in [-0.3, -0.25) is 10.1 Å². The lowest BCUT2D eigenvalue weighted by molar-refractivity contribution is -0.386. The number of hydrogen-bond acceptors (Lipinski definition) is 6. The van der Waals surface area contributed by atoms with Crippen molar-refractivity contribution in [3.63, 3.8) is 0 Å². The molecule has 0 aliphatic rings. The highest BCUT2D eigenvalue weighted by Gasteiger charge is 2.28. The first kappa shape index (κ1) is 21.7. The van der Waals surface area contributed by atoms with Crippen molar-refractivity contribution in [1.82, 2.24) is 9.21 Å². The summed E-state index contributed by atoms with van der Waals surface area (Å²) < 4.78 is 46.4. The number of benzene rings is 2. The number of sulfonamides is 1. The zero-order valence-corrected chi connectivity index (χ0v) is 16.6. The smallest absolute Gasteiger partial charge is 0.312 e. The molecule has 0 heterocycles. The van der Waals surface area contributed by atoms with Gasteiger partial charge in [0.1, 0.15) is 5.82 Å². The van der Waals surface area contributed by atoms with Gasteiger partial charge in [0.25, 0.3) is 0 Å². The number of nitro benzene ring substituents is 1. The maximum Gasteiger partial charge on any atom is 0.312 e. The lowest BCUT2D eigenvalue weighted by Crippen LogP contribution is -2.36. The van der Waals surface area contributed by atoms with E-state index in [1.807, 2.05) is 0 Å². The maximum absolute atomic E-state index is 14.1. The van der Waals surface area contributed by atoms with Crippen molar-refractivity contribution in [2.24, 2.45) is 0 Å². The van der Waals surface area contributed by atoms with Gasteiger partial charge < -0.3 is 9.64 Å². The van der Waals surface area contributed by atoms with E-state index in [9.17, 15) is 22.9 Å². The van der Waals surface area contributed by atoms with Crippen LogP contribution in [0.2, 0.25) is 0 Å². The van der Waals surface area contributed by atoms with Gasteiger partial charge in [0, 0.05) is 31.3 Å². The largest absolute Gasteiger partial charge is 0.490 e. The Kier molecular flexibility index (Phi) is 7.05. The van der Waals surface area contributed by atoms with Crippen molar-refractivity contribution in [3.05, 3.63) is 64.0 Å². The standard InChI is InChI=1S/C18H22FN3O5S/c1-20(2)10-11-21(13-14-6-4-5-7-16(14)19)28(25,26)15-8-9-18(27-3)17(12-15)22(23)24/h4-9,12H,10-11,13H2,1-3H3. The normalized spacial score (nSPS) is 11.8. The third-order valence-corrected chi connectivity index (χ3v) is 5.93. The number of rotatable bonds is 9. The predicted molar refractivity (Wildman–Crippen MR) is 102 cm³/mol. The Morgan fingerprint density at radius 3 is 2.39 bits per heavy atom. The number of ether oxygens (including phenoxy) is 1. The van der Waals surface area contributed by atoms with Gasteiger partial charge >= 0.3 is 5.69 Å². The minimum absolute atomic E-state index is 0.0436. The summed E-state index contributed by atoms with van der Waals surface area (Å²) in [6.45, 7) is 0.290. The third kappa shape index (κ3) is 5.03. The van der Waals surface area contributed by atoms with Gasteiger partial charge in [-0.2, -0.15) is 4.31 Å². The van der Waals surface area contributed by atoms with Crippen LogP contribution in [-0.4, -0.2) is 56.8 Å². The monoisotopic (exact) mass is 411 g/mol. The molecule has 0 saturated carbocycles. The average Bonchev–Trinajstić information content (AvgIpc) is 2.65. The molecule has 0 N–H and O–H groups in total. The zero-order valence-electron chi connectivity index (χ0n) is 15.8. The van der Waals surface area contributed by atoms with E-state index in [0.29, 0.717) is 6.54 Å². The molecule has 2 rings (SSSR count). The highest BCUT2D eigenvalue weighted by atomic mass is 32.2. The van der Waals surface area contributed by atoms with Crippen LogP contribution in [0.4, 0.5) is 10.1 Å².